The van der Waals surface area contributed by atoms with Crippen LogP contribution in [-0.2, 0) is 10.0 Å². The number of sulfonamides is 1. The number of hydrogen-bond acceptors (Lipinski definition) is 4. The minimum absolute atomic E-state index is 0.194. The van der Waals surface area contributed by atoms with Crippen molar-refractivity contribution in [3.8, 4) is 5.75 Å². The van der Waals surface area contributed by atoms with Crippen LogP contribution in [0, 0.1) is 6.07 Å². The Balaban J connectivity index is 1.80. The van der Waals surface area contributed by atoms with Crippen LogP contribution in [0.4, 0.5) is 5.69 Å². The number of ether oxygens (including phenoxy) is 1. The molecule has 3 aromatic carbocycles. The summed E-state index contributed by atoms with van der Waals surface area (Å²) in [4.78, 5) is 0.194. The molecule has 0 saturated carbocycles. The minimum Gasteiger partial charge on any atom is -0.493 e. The smallest absolute Gasteiger partial charge is 0.261 e. The molecule has 0 bridgehead atoms. The normalized spacial score (nSPS) is 13.4. The fourth-order valence-corrected chi connectivity index (χ4v) is 4.08. The Morgan fingerprint density at radius 2 is 1.86 bits per heavy atom. The van der Waals surface area contributed by atoms with Gasteiger partial charge in [-0.05, 0) is 54.4 Å². The Labute approximate surface area is 172 Å². The summed E-state index contributed by atoms with van der Waals surface area (Å²) in [7, 11) is -3.68. The predicted octanol–water partition coefficient (Wildman–Crippen LogP) is 4.22. The van der Waals surface area contributed by atoms with Gasteiger partial charge < -0.3 is 9.84 Å². The lowest BCUT2D eigenvalue weighted by molar-refractivity contribution is 0.110. The van der Waals surface area contributed by atoms with Gasteiger partial charge in [0.05, 0.1) is 17.6 Å². The van der Waals surface area contributed by atoms with Gasteiger partial charge >= 0.3 is 0 Å². The van der Waals surface area contributed by atoms with Gasteiger partial charge in [-0.15, -0.1) is 0 Å². The zero-order chi connectivity index (χ0) is 20.7. The lowest BCUT2D eigenvalue weighted by Gasteiger charge is -2.23. The molecule has 0 fully saturated rings. The van der Waals surface area contributed by atoms with Crippen LogP contribution in [0.25, 0.3) is 0 Å². The van der Waals surface area contributed by atoms with E-state index in [1.165, 1.54) is 0 Å². The first-order chi connectivity index (χ1) is 14.0. The van der Waals surface area contributed by atoms with Crippen molar-refractivity contribution in [1.82, 2.24) is 0 Å². The Hall–Kier alpha value is -2.83. The van der Waals surface area contributed by atoms with E-state index in [2.05, 4.69) is 10.8 Å². The Morgan fingerprint density at radius 1 is 1.07 bits per heavy atom. The topological polar surface area (TPSA) is 75.6 Å². The largest absolute Gasteiger partial charge is 0.493 e. The van der Waals surface area contributed by atoms with Gasteiger partial charge in [0.2, 0.25) is 0 Å². The van der Waals surface area contributed by atoms with Gasteiger partial charge in [-0.2, -0.15) is 0 Å². The summed E-state index contributed by atoms with van der Waals surface area (Å²) in [5, 5.41) is 10.5. The summed E-state index contributed by atoms with van der Waals surface area (Å²) in [6.07, 6.45) is -0.0711. The molecule has 151 valence electrons. The number of benzene rings is 3. The Bertz CT molecular complexity index is 1010. The van der Waals surface area contributed by atoms with Gasteiger partial charge in [-0.25, -0.2) is 8.42 Å². The second kappa shape index (κ2) is 9.58. The first-order valence-corrected chi connectivity index (χ1v) is 10.9. The Morgan fingerprint density at radius 3 is 2.55 bits per heavy atom. The van der Waals surface area contributed by atoms with Gasteiger partial charge in [0, 0.05) is 11.6 Å². The molecule has 3 aromatic rings. The van der Waals surface area contributed by atoms with Gasteiger partial charge in [-0.1, -0.05) is 49.4 Å². The van der Waals surface area contributed by atoms with Crippen LogP contribution in [0.15, 0.2) is 83.8 Å². The third-order valence-electron chi connectivity index (χ3n) is 4.61. The lowest BCUT2D eigenvalue weighted by Crippen LogP contribution is -2.24. The van der Waals surface area contributed by atoms with Crippen LogP contribution in [0.1, 0.15) is 24.8 Å². The van der Waals surface area contributed by atoms with Crippen molar-refractivity contribution >= 4 is 15.7 Å². The van der Waals surface area contributed by atoms with E-state index < -0.39 is 16.1 Å². The summed E-state index contributed by atoms with van der Waals surface area (Å²) in [5.41, 5.74) is 1.24. The average Bonchev–Trinajstić information content (AvgIpc) is 2.75. The van der Waals surface area contributed by atoms with Gasteiger partial charge in [-0.3, -0.25) is 4.72 Å². The van der Waals surface area contributed by atoms with Crippen LogP contribution < -0.4 is 9.46 Å². The third kappa shape index (κ3) is 5.59. The molecule has 0 spiro atoms. The molecule has 0 amide bonds. The molecule has 0 saturated heterocycles. The van der Waals surface area contributed by atoms with E-state index in [1.807, 2.05) is 25.1 Å². The van der Waals surface area contributed by atoms with Crippen molar-refractivity contribution < 1.29 is 18.3 Å². The van der Waals surface area contributed by atoms with E-state index >= 15 is 0 Å². The van der Waals surface area contributed by atoms with Crippen LogP contribution >= 0.6 is 0 Å². The number of nitrogens with one attached hydrogen (secondary N) is 1. The zero-order valence-corrected chi connectivity index (χ0v) is 17.0. The minimum atomic E-state index is -3.68. The average molecular weight is 411 g/mol. The number of hydrogen-bond donors (Lipinski definition) is 2. The summed E-state index contributed by atoms with van der Waals surface area (Å²) < 4.78 is 33.6. The quantitative estimate of drug-likeness (QED) is 0.554. The molecule has 0 heterocycles. The van der Waals surface area contributed by atoms with Crippen molar-refractivity contribution in [3.05, 3.63) is 90.5 Å². The molecule has 3 rings (SSSR count). The lowest BCUT2D eigenvalue weighted by atomic mass is 9.92. The molecule has 0 aliphatic heterocycles. The van der Waals surface area contributed by atoms with Crippen molar-refractivity contribution in [2.75, 3.05) is 11.3 Å². The van der Waals surface area contributed by atoms with E-state index in [1.54, 1.807) is 60.7 Å². The fraction of sp³-hybridized carbons (Fsp3) is 0.217. The monoisotopic (exact) mass is 410 g/mol. The van der Waals surface area contributed by atoms with Gasteiger partial charge in [0.15, 0.2) is 0 Å². The van der Waals surface area contributed by atoms with Gasteiger partial charge in [0.25, 0.3) is 10.0 Å². The fourth-order valence-electron chi connectivity index (χ4n) is 3.01. The molecule has 2 unspecified atom stereocenters. The molecule has 6 heteroatoms. The zero-order valence-electron chi connectivity index (χ0n) is 16.2. The van der Waals surface area contributed by atoms with E-state index in [0.29, 0.717) is 17.9 Å². The summed E-state index contributed by atoms with van der Waals surface area (Å²) in [6.45, 7) is 2.16. The molecule has 0 aliphatic rings. The first-order valence-electron chi connectivity index (χ1n) is 9.44. The van der Waals surface area contributed by atoms with E-state index in [9.17, 15) is 13.5 Å². The summed E-state index contributed by atoms with van der Waals surface area (Å²) in [6, 6.07) is 25.4. The molecular weight excluding hydrogens is 386 g/mol. The Kier molecular flexibility index (Phi) is 6.90. The highest BCUT2D eigenvalue weighted by atomic mass is 32.2. The molecule has 1 radical (unpaired) electrons. The highest BCUT2D eigenvalue weighted by Crippen LogP contribution is 2.27. The number of aliphatic hydroxyl groups excluding tert-OH is 1. The number of rotatable bonds is 9. The van der Waals surface area contributed by atoms with Crippen molar-refractivity contribution in [3.63, 3.8) is 0 Å². The second-order valence-corrected chi connectivity index (χ2v) is 8.36. The standard InChI is InChI=1S/C23H24NO4S/c1-2-23(25)22(17-28-20-12-5-3-6-13-20)18-10-9-11-19(16-18)24-29(26,27)21-14-7-4-8-15-21/h3-5,7-16,22-25H,2,17H2,1H3. The SMILES string of the molecule is CCC(O)C(COc1c[c]ccc1)c1cccc(NS(=O)(=O)c2ccccc2)c1. The molecule has 29 heavy (non-hydrogen) atoms. The second-order valence-electron chi connectivity index (χ2n) is 6.68. The summed E-state index contributed by atoms with van der Waals surface area (Å²) in [5.74, 6) is 0.364. The van der Waals surface area contributed by atoms with Crippen molar-refractivity contribution in [2.45, 2.75) is 30.3 Å². The number of aliphatic hydroxyl groups is 1. The van der Waals surface area contributed by atoms with Gasteiger partial charge in [0.1, 0.15) is 5.75 Å². The van der Waals surface area contributed by atoms with Crippen LogP contribution in [0.2, 0.25) is 0 Å². The van der Waals surface area contributed by atoms with E-state index in [0.717, 1.165) is 5.56 Å². The maximum Gasteiger partial charge on any atom is 0.261 e. The third-order valence-corrected chi connectivity index (χ3v) is 6.01. The molecule has 0 aliphatic carbocycles. The van der Waals surface area contributed by atoms with Crippen molar-refractivity contribution in [2.24, 2.45) is 0 Å². The summed E-state index contributed by atoms with van der Waals surface area (Å²) >= 11 is 0. The molecule has 2 N–H and O–H groups in total. The maximum absolute atomic E-state index is 12.6. The number of anilines is 1. The molecule has 2 atom stereocenters. The first kappa shape index (κ1) is 20.9. The van der Waals surface area contributed by atoms with E-state index in [-0.39, 0.29) is 17.4 Å². The maximum atomic E-state index is 12.6. The van der Waals surface area contributed by atoms with E-state index in [4.69, 9.17) is 4.74 Å². The molecule has 5 nitrogen and oxygen atoms in total. The highest BCUT2D eigenvalue weighted by molar-refractivity contribution is 7.92. The van der Waals surface area contributed by atoms with Crippen LogP contribution in [-0.4, -0.2) is 26.2 Å². The van der Waals surface area contributed by atoms with Crippen LogP contribution in [0.5, 0.6) is 5.75 Å². The predicted molar refractivity (Wildman–Crippen MR) is 114 cm³/mol. The van der Waals surface area contributed by atoms with Crippen LogP contribution in [0.3, 0.4) is 0 Å². The van der Waals surface area contributed by atoms with Crippen molar-refractivity contribution in [1.29, 1.82) is 0 Å². The molecule has 0 aromatic heterocycles. The molecular formula is C23H24NO4S. The highest BCUT2D eigenvalue weighted by Gasteiger charge is 2.22.